The molecule has 2 heteroatoms. The van der Waals surface area contributed by atoms with E-state index in [2.05, 4.69) is 30.4 Å². The summed E-state index contributed by atoms with van der Waals surface area (Å²) < 4.78 is 0.951. The van der Waals surface area contributed by atoms with Crippen molar-refractivity contribution in [2.24, 2.45) is 0 Å². The molecule has 1 rings (SSSR count). The van der Waals surface area contributed by atoms with E-state index in [1.807, 2.05) is 0 Å². The molecule has 0 aliphatic carbocycles. The van der Waals surface area contributed by atoms with Crippen LogP contribution in [0.5, 0.6) is 0 Å². The maximum absolute atomic E-state index is 2.28. The SMILES string of the molecule is CCCCCCC1SCCS1. The summed E-state index contributed by atoms with van der Waals surface area (Å²) >= 11 is 4.33. The van der Waals surface area contributed by atoms with Crippen molar-refractivity contribution in [3.8, 4) is 0 Å². The van der Waals surface area contributed by atoms with Crippen LogP contribution in [-0.4, -0.2) is 16.1 Å². The molecule has 0 bridgehead atoms. The van der Waals surface area contributed by atoms with Crippen molar-refractivity contribution in [1.82, 2.24) is 0 Å². The Bertz CT molecular complexity index is 87.6. The molecule has 0 aromatic carbocycles. The molecule has 1 fully saturated rings. The van der Waals surface area contributed by atoms with Gasteiger partial charge in [-0.05, 0) is 6.42 Å². The van der Waals surface area contributed by atoms with Gasteiger partial charge in [-0.1, -0.05) is 32.6 Å². The smallest absolute Gasteiger partial charge is 0.0503 e. The lowest BCUT2D eigenvalue weighted by Gasteiger charge is -2.05. The van der Waals surface area contributed by atoms with E-state index in [4.69, 9.17) is 0 Å². The number of rotatable bonds is 5. The molecule has 0 nitrogen and oxygen atoms in total. The summed E-state index contributed by atoms with van der Waals surface area (Å²) in [5.41, 5.74) is 0. The average Bonchev–Trinajstić information content (AvgIpc) is 2.50. The van der Waals surface area contributed by atoms with Crippen LogP contribution in [0, 0.1) is 0 Å². The highest BCUT2D eigenvalue weighted by atomic mass is 32.2. The van der Waals surface area contributed by atoms with Crippen molar-refractivity contribution >= 4 is 23.5 Å². The van der Waals surface area contributed by atoms with E-state index in [0.29, 0.717) is 0 Å². The summed E-state index contributed by atoms with van der Waals surface area (Å²) in [4.78, 5) is 0. The fraction of sp³-hybridized carbons (Fsp3) is 1.00. The van der Waals surface area contributed by atoms with Crippen LogP contribution in [0.4, 0.5) is 0 Å². The van der Waals surface area contributed by atoms with E-state index in [1.54, 1.807) is 0 Å². The lowest BCUT2D eigenvalue weighted by molar-refractivity contribution is 0.653. The summed E-state index contributed by atoms with van der Waals surface area (Å²) in [7, 11) is 0. The second-order valence-electron chi connectivity index (χ2n) is 3.02. The van der Waals surface area contributed by atoms with Crippen LogP contribution in [-0.2, 0) is 0 Å². The third-order valence-electron chi connectivity index (χ3n) is 1.98. The zero-order chi connectivity index (χ0) is 7.94. The molecule has 11 heavy (non-hydrogen) atoms. The van der Waals surface area contributed by atoms with Gasteiger partial charge in [0.25, 0.3) is 0 Å². The van der Waals surface area contributed by atoms with Crippen molar-refractivity contribution in [2.75, 3.05) is 11.5 Å². The third-order valence-corrected chi connectivity index (χ3v) is 5.15. The van der Waals surface area contributed by atoms with Crippen LogP contribution in [0.3, 0.4) is 0 Å². The van der Waals surface area contributed by atoms with E-state index < -0.39 is 0 Å². The fourth-order valence-corrected chi connectivity index (χ4v) is 4.24. The van der Waals surface area contributed by atoms with E-state index >= 15 is 0 Å². The van der Waals surface area contributed by atoms with Gasteiger partial charge in [-0.25, -0.2) is 0 Å². The van der Waals surface area contributed by atoms with E-state index in [0.717, 1.165) is 4.58 Å². The number of hydrogen-bond acceptors (Lipinski definition) is 2. The van der Waals surface area contributed by atoms with E-state index in [1.165, 1.54) is 43.6 Å². The van der Waals surface area contributed by atoms with E-state index in [9.17, 15) is 0 Å². The largest absolute Gasteiger partial charge is 0.147 e. The Morgan fingerprint density at radius 1 is 1.09 bits per heavy atom. The van der Waals surface area contributed by atoms with Gasteiger partial charge in [0.1, 0.15) is 0 Å². The van der Waals surface area contributed by atoms with Gasteiger partial charge in [0, 0.05) is 11.5 Å². The first-order valence-corrected chi connectivity index (χ1v) is 6.76. The second kappa shape index (κ2) is 6.24. The van der Waals surface area contributed by atoms with Crippen molar-refractivity contribution in [3.05, 3.63) is 0 Å². The molecule has 1 saturated heterocycles. The first kappa shape index (κ1) is 9.79. The Morgan fingerprint density at radius 3 is 2.45 bits per heavy atom. The highest BCUT2D eigenvalue weighted by Crippen LogP contribution is 2.35. The molecule has 0 unspecified atom stereocenters. The molecule has 0 N–H and O–H groups in total. The van der Waals surface area contributed by atoms with Crippen LogP contribution in [0.1, 0.15) is 39.0 Å². The van der Waals surface area contributed by atoms with Gasteiger partial charge in [-0.3, -0.25) is 0 Å². The summed E-state index contributed by atoms with van der Waals surface area (Å²) in [6.07, 6.45) is 7.16. The molecule has 0 atom stereocenters. The highest BCUT2D eigenvalue weighted by Gasteiger charge is 2.14. The van der Waals surface area contributed by atoms with Crippen LogP contribution < -0.4 is 0 Å². The zero-order valence-corrected chi connectivity index (χ0v) is 8.98. The second-order valence-corrected chi connectivity index (χ2v) is 5.94. The van der Waals surface area contributed by atoms with Crippen LogP contribution in [0.2, 0.25) is 0 Å². The molecular formula is C9H18S2. The minimum absolute atomic E-state index is 0.951. The minimum atomic E-state index is 0.951. The molecule has 1 heterocycles. The summed E-state index contributed by atoms with van der Waals surface area (Å²) in [5, 5.41) is 0. The number of unbranched alkanes of at least 4 members (excludes halogenated alkanes) is 3. The monoisotopic (exact) mass is 190 g/mol. The molecule has 66 valence electrons. The molecular weight excluding hydrogens is 172 g/mol. The average molecular weight is 190 g/mol. The van der Waals surface area contributed by atoms with Gasteiger partial charge in [0.15, 0.2) is 0 Å². The predicted molar refractivity (Wildman–Crippen MR) is 57.5 cm³/mol. The minimum Gasteiger partial charge on any atom is -0.147 e. The van der Waals surface area contributed by atoms with Crippen LogP contribution >= 0.6 is 23.5 Å². The van der Waals surface area contributed by atoms with Crippen molar-refractivity contribution in [1.29, 1.82) is 0 Å². The molecule has 0 amide bonds. The van der Waals surface area contributed by atoms with Gasteiger partial charge in [0.2, 0.25) is 0 Å². The third kappa shape index (κ3) is 4.32. The van der Waals surface area contributed by atoms with Crippen LogP contribution in [0.15, 0.2) is 0 Å². The topological polar surface area (TPSA) is 0 Å². The quantitative estimate of drug-likeness (QED) is 0.605. The lowest BCUT2D eigenvalue weighted by Crippen LogP contribution is -1.90. The van der Waals surface area contributed by atoms with Gasteiger partial charge in [-0.15, -0.1) is 23.5 Å². The van der Waals surface area contributed by atoms with Crippen molar-refractivity contribution in [2.45, 2.75) is 43.6 Å². The zero-order valence-electron chi connectivity index (χ0n) is 7.34. The summed E-state index contributed by atoms with van der Waals surface area (Å²) in [6.45, 7) is 2.28. The molecule has 1 aliphatic heterocycles. The molecule has 0 aromatic heterocycles. The Morgan fingerprint density at radius 2 is 1.82 bits per heavy atom. The standard InChI is InChI=1S/C9H18S2/c1-2-3-4-5-6-9-10-7-8-11-9/h9H,2-8H2,1H3. The Labute approximate surface area is 78.9 Å². The Balaban J connectivity index is 1.86. The number of hydrogen-bond donors (Lipinski definition) is 0. The van der Waals surface area contributed by atoms with Crippen LogP contribution in [0.25, 0.3) is 0 Å². The first-order chi connectivity index (χ1) is 5.43. The normalized spacial score (nSPS) is 19.4. The van der Waals surface area contributed by atoms with Crippen molar-refractivity contribution in [3.63, 3.8) is 0 Å². The first-order valence-electron chi connectivity index (χ1n) is 4.66. The Kier molecular flexibility index (Phi) is 5.55. The van der Waals surface area contributed by atoms with Crippen molar-refractivity contribution < 1.29 is 0 Å². The molecule has 0 radical (unpaired) electrons. The molecule has 1 aliphatic rings. The van der Waals surface area contributed by atoms with Gasteiger partial charge < -0.3 is 0 Å². The summed E-state index contributed by atoms with van der Waals surface area (Å²) in [6, 6.07) is 0. The maximum Gasteiger partial charge on any atom is 0.0503 e. The molecule has 0 spiro atoms. The fourth-order valence-electron chi connectivity index (χ4n) is 1.31. The number of thioether (sulfide) groups is 2. The van der Waals surface area contributed by atoms with Gasteiger partial charge in [0.05, 0.1) is 4.58 Å². The van der Waals surface area contributed by atoms with Gasteiger partial charge >= 0.3 is 0 Å². The van der Waals surface area contributed by atoms with E-state index in [-0.39, 0.29) is 0 Å². The highest BCUT2D eigenvalue weighted by molar-refractivity contribution is 8.20. The lowest BCUT2D eigenvalue weighted by atomic mass is 10.2. The molecule has 0 aromatic rings. The molecule has 0 saturated carbocycles. The predicted octanol–water partition coefficient (Wildman–Crippen LogP) is 3.76. The van der Waals surface area contributed by atoms with Gasteiger partial charge in [-0.2, -0.15) is 0 Å². The Hall–Kier alpha value is 0.700. The maximum atomic E-state index is 2.28. The summed E-state index contributed by atoms with van der Waals surface area (Å²) in [5.74, 6) is 2.78.